The Kier molecular flexibility index (Phi) is 5.10. The van der Waals surface area contributed by atoms with Crippen LogP contribution < -0.4 is 4.90 Å². The Balaban J connectivity index is 1.93. The molecule has 4 nitrogen and oxygen atoms in total. The van der Waals surface area contributed by atoms with Crippen molar-refractivity contribution in [2.75, 3.05) is 18.1 Å². The van der Waals surface area contributed by atoms with Crippen LogP contribution >= 0.6 is 11.3 Å². The van der Waals surface area contributed by atoms with Crippen molar-refractivity contribution in [3.05, 3.63) is 40.8 Å². The van der Waals surface area contributed by atoms with Gasteiger partial charge in [0, 0.05) is 29.6 Å². The number of aryl methyl sites for hydroxylation is 2. The summed E-state index contributed by atoms with van der Waals surface area (Å²) >= 11 is 1.66. The Hall–Kier alpha value is -2.05. The van der Waals surface area contributed by atoms with Crippen LogP contribution in [0.25, 0.3) is 21.3 Å². The number of aliphatic hydroxyl groups is 1. The molecule has 1 fully saturated rings. The van der Waals surface area contributed by atoms with Gasteiger partial charge in [0.2, 0.25) is 0 Å². The molecule has 4 rings (SSSR count). The molecule has 1 aliphatic heterocycles. The first-order valence-corrected chi connectivity index (χ1v) is 10.3. The maximum absolute atomic E-state index is 13.4. The van der Waals surface area contributed by atoms with E-state index in [0.29, 0.717) is 6.04 Å². The van der Waals surface area contributed by atoms with Gasteiger partial charge in [-0.05, 0) is 57.2 Å². The van der Waals surface area contributed by atoms with E-state index in [1.54, 1.807) is 11.3 Å². The van der Waals surface area contributed by atoms with Gasteiger partial charge in [0.15, 0.2) is 0 Å². The molecule has 0 aliphatic carbocycles. The zero-order valence-electron chi connectivity index (χ0n) is 15.7. The fraction of sp³-hybridized carbons (Fsp3) is 0.429. The largest absolute Gasteiger partial charge is 0.396 e. The van der Waals surface area contributed by atoms with Gasteiger partial charge in [-0.3, -0.25) is 0 Å². The highest BCUT2D eigenvalue weighted by Gasteiger charge is 2.28. The Morgan fingerprint density at radius 3 is 2.70 bits per heavy atom. The molecule has 2 aromatic heterocycles. The molecule has 1 aliphatic rings. The minimum Gasteiger partial charge on any atom is -0.396 e. The van der Waals surface area contributed by atoms with E-state index < -0.39 is 0 Å². The third-order valence-electron chi connectivity index (χ3n) is 5.31. The van der Waals surface area contributed by atoms with Gasteiger partial charge in [-0.2, -0.15) is 0 Å². The van der Waals surface area contributed by atoms with E-state index in [1.807, 2.05) is 19.1 Å². The van der Waals surface area contributed by atoms with Gasteiger partial charge in [-0.1, -0.05) is 12.1 Å². The molecule has 1 aromatic carbocycles. The molecule has 1 saturated heterocycles. The fourth-order valence-electron chi connectivity index (χ4n) is 4.10. The van der Waals surface area contributed by atoms with E-state index in [1.165, 1.54) is 18.6 Å². The summed E-state index contributed by atoms with van der Waals surface area (Å²) in [4.78, 5) is 14.0. The number of thiophene rings is 1. The first kappa shape index (κ1) is 18.3. The minimum absolute atomic E-state index is 0.182. The highest BCUT2D eigenvalue weighted by molar-refractivity contribution is 7.19. The molecular formula is C21H24FN3OS. The van der Waals surface area contributed by atoms with Gasteiger partial charge < -0.3 is 10.0 Å². The molecule has 142 valence electrons. The molecule has 1 atom stereocenters. The summed E-state index contributed by atoms with van der Waals surface area (Å²) in [6.45, 7) is 5.14. The number of halogens is 1. The summed E-state index contributed by atoms with van der Waals surface area (Å²) in [5.74, 6) is 1.49. The summed E-state index contributed by atoms with van der Waals surface area (Å²) in [6.07, 6.45) is 4.13. The third-order valence-corrected chi connectivity index (χ3v) is 6.31. The maximum atomic E-state index is 13.4. The van der Waals surface area contributed by atoms with Crippen LogP contribution in [0.1, 0.15) is 36.4 Å². The molecule has 1 unspecified atom stereocenters. The van der Waals surface area contributed by atoms with Gasteiger partial charge >= 0.3 is 0 Å². The van der Waals surface area contributed by atoms with Crippen LogP contribution in [-0.4, -0.2) is 34.3 Å². The van der Waals surface area contributed by atoms with Crippen LogP contribution in [0.15, 0.2) is 24.3 Å². The predicted molar refractivity (Wildman–Crippen MR) is 109 cm³/mol. The Morgan fingerprint density at radius 1 is 1.19 bits per heavy atom. The molecule has 3 heterocycles. The molecule has 0 saturated carbocycles. The van der Waals surface area contributed by atoms with Crippen LogP contribution in [-0.2, 0) is 0 Å². The lowest BCUT2D eigenvalue weighted by atomic mass is 9.98. The van der Waals surface area contributed by atoms with Crippen LogP contribution in [0.5, 0.6) is 0 Å². The smallest absolute Gasteiger partial charge is 0.141 e. The number of piperidine rings is 1. The molecule has 0 amide bonds. The van der Waals surface area contributed by atoms with Gasteiger partial charge in [0.05, 0.1) is 5.39 Å². The monoisotopic (exact) mass is 385 g/mol. The van der Waals surface area contributed by atoms with Crippen molar-refractivity contribution >= 4 is 27.4 Å². The van der Waals surface area contributed by atoms with Gasteiger partial charge in [0.1, 0.15) is 22.3 Å². The second-order valence-electron chi connectivity index (χ2n) is 7.17. The number of fused-ring (bicyclic) bond motifs is 1. The number of aromatic nitrogens is 2. The number of anilines is 1. The zero-order chi connectivity index (χ0) is 19.0. The van der Waals surface area contributed by atoms with E-state index in [4.69, 9.17) is 4.98 Å². The van der Waals surface area contributed by atoms with E-state index in [0.717, 1.165) is 63.7 Å². The summed E-state index contributed by atoms with van der Waals surface area (Å²) in [6, 6.07) is 6.96. The van der Waals surface area contributed by atoms with Crippen molar-refractivity contribution in [2.24, 2.45) is 0 Å². The first-order chi connectivity index (χ1) is 13.1. The predicted octanol–water partition coefficient (Wildman–Crippen LogP) is 4.86. The molecule has 0 bridgehead atoms. The number of hydrogen-bond acceptors (Lipinski definition) is 5. The van der Waals surface area contributed by atoms with Gasteiger partial charge in [-0.25, -0.2) is 14.4 Å². The molecule has 0 radical (unpaired) electrons. The van der Waals surface area contributed by atoms with Crippen LogP contribution in [0, 0.1) is 19.7 Å². The zero-order valence-corrected chi connectivity index (χ0v) is 16.5. The maximum Gasteiger partial charge on any atom is 0.141 e. The Labute approximate surface area is 162 Å². The average Bonchev–Trinajstić information content (AvgIpc) is 2.98. The van der Waals surface area contributed by atoms with Crippen LogP contribution in [0.3, 0.4) is 0 Å². The van der Waals surface area contributed by atoms with Gasteiger partial charge in [-0.15, -0.1) is 11.3 Å². The normalized spacial score (nSPS) is 17.6. The molecule has 1 N–H and O–H groups in total. The van der Waals surface area contributed by atoms with Crippen molar-refractivity contribution in [2.45, 2.75) is 45.6 Å². The third kappa shape index (κ3) is 3.44. The summed E-state index contributed by atoms with van der Waals surface area (Å²) < 4.78 is 13.4. The minimum atomic E-state index is -0.234. The van der Waals surface area contributed by atoms with Crippen molar-refractivity contribution in [3.63, 3.8) is 0 Å². The average molecular weight is 386 g/mol. The van der Waals surface area contributed by atoms with E-state index in [9.17, 15) is 9.50 Å². The lowest BCUT2D eigenvalue weighted by Crippen LogP contribution is -2.41. The van der Waals surface area contributed by atoms with Crippen molar-refractivity contribution in [1.82, 2.24) is 9.97 Å². The highest BCUT2D eigenvalue weighted by Crippen LogP contribution is 2.43. The fourth-order valence-corrected chi connectivity index (χ4v) is 5.18. The first-order valence-electron chi connectivity index (χ1n) is 9.49. The van der Waals surface area contributed by atoms with Gasteiger partial charge in [0.25, 0.3) is 0 Å². The molecule has 6 heteroatoms. The van der Waals surface area contributed by atoms with E-state index >= 15 is 0 Å². The van der Waals surface area contributed by atoms with Crippen LogP contribution in [0.2, 0.25) is 0 Å². The lowest BCUT2D eigenvalue weighted by Gasteiger charge is -2.37. The molecule has 3 aromatic rings. The van der Waals surface area contributed by atoms with Crippen molar-refractivity contribution in [1.29, 1.82) is 0 Å². The number of benzene rings is 1. The van der Waals surface area contributed by atoms with E-state index in [2.05, 4.69) is 16.8 Å². The summed E-state index contributed by atoms with van der Waals surface area (Å²) in [5.41, 5.74) is 2.09. The lowest BCUT2D eigenvalue weighted by molar-refractivity contribution is 0.262. The number of aliphatic hydroxyl groups excluding tert-OH is 1. The number of rotatable bonds is 4. The molecule has 27 heavy (non-hydrogen) atoms. The molecule has 0 spiro atoms. The van der Waals surface area contributed by atoms with E-state index in [-0.39, 0.29) is 12.4 Å². The SMILES string of the molecule is Cc1nc(N2CCCCC2CCO)c2c(-c3ccc(F)cc3)c(C)sc2n1. The Morgan fingerprint density at radius 2 is 1.96 bits per heavy atom. The summed E-state index contributed by atoms with van der Waals surface area (Å²) in [5, 5.41) is 10.6. The summed E-state index contributed by atoms with van der Waals surface area (Å²) in [7, 11) is 0. The second-order valence-corrected chi connectivity index (χ2v) is 8.37. The standard InChI is InChI=1S/C21H24FN3OS/c1-13-18(15-6-8-16(22)9-7-15)19-20(23-14(2)24-21(19)27-13)25-11-4-3-5-17(25)10-12-26/h6-9,17,26H,3-5,10-12H2,1-2H3. The number of nitrogens with zero attached hydrogens (tertiary/aromatic N) is 3. The van der Waals surface area contributed by atoms with Crippen molar-refractivity contribution in [3.8, 4) is 11.1 Å². The number of hydrogen-bond donors (Lipinski definition) is 1. The Bertz CT molecular complexity index is 952. The second kappa shape index (κ2) is 7.52. The van der Waals surface area contributed by atoms with Crippen molar-refractivity contribution < 1.29 is 9.50 Å². The molecular weight excluding hydrogens is 361 g/mol. The quantitative estimate of drug-likeness (QED) is 0.697. The topological polar surface area (TPSA) is 49.2 Å². The van der Waals surface area contributed by atoms with Crippen LogP contribution in [0.4, 0.5) is 10.2 Å². The highest BCUT2D eigenvalue weighted by atomic mass is 32.1.